The number of nitrogens with zero attached hydrogens (tertiary/aromatic N) is 1. The van der Waals surface area contributed by atoms with Crippen molar-refractivity contribution in [2.45, 2.75) is 6.54 Å². The first-order valence-corrected chi connectivity index (χ1v) is 8.47. The minimum absolute atomic E-state index is 0.0937. The van der Waals surface area contributed by atoms with Gasteiger partial charge in [0, 0.05) is 10.6 Å². The summed E-state index contributed by atoms with van der Waals surface area (Å²) in [5.41, 5.74) is 0.864. The van der Waals surface area contributed by atoms with Crippen LogP contribution in [0.25, 0.3) is 6.08 Å². The molecule has 24 heavy (non-hydrogen) atoms. The predicted molar refractivity (Wildman–Crippen MR) is 94.4 cm³/mol. The molecular formula is C17H10Cl2FNO2S. The highest BCUT2D eigenvalue weighted by Crippen LogP contribution is 2.35. The number of imide groups is 1. The van der Waals surface area contributed by atoms with E-state index in [0.29, 0.717) is 5.02 Å². The van der Waals surface area contributed by atoms with Gasteiger partial charge in [0.25, 0.3) is 11.1 Å². The van der Waals surface area contributed by atoms with Gasteiger partial charge in [-0.05, 0) is 47.7 Å². The van der Waals surface area contributed by atoms with Gasteiger partial charge >= 0.3 is 0 Å². The minimum Gasteiger partial charge on any atom is -0.268 e. The molecule has 2 aromatic rings. The van der Waals surface area contributed by atoms with Crippen molar-refractivity contribution in [1.29, 1.82) is 0 Å². The van der Waals surface area contributed by atoms with Crippen LogP contribution < -0.4 is 0 Å². The van der Waals surface area contributed by atoms with Crippen LogP contribution in [-0.2, 0) is 11.3 Å². The largest absolute Gasteiger partial charge is 0.293 e. The lowest BCUT2D eigenvalue weighted by molar-refractivity contribution is -0.123. The highest BCUT2D eigenvalue weighted by atomic mass is 35.5. The van der Waals surface area contributed by atoms with E-state index in [2.05, 4.69) is 0 Å². The first-order chi connectivity index (χ1) is 11.5. The molecule has 0 aromatic heterocycles. The molecule has 1 fully saturated rings. The van der Waals surface area contributed by atoms with Crippen LogP contribution in [0.4, 0.5) is 9.18 Å². The molecule has 0 atom stereocenters. The van der Waals surface area contributed by atoms with E-state index in [1.54, 1.807) is 24.3 Å². The summed E-state index contributed by atoms with van der Waals surface area (Å²) in [5, 5.41) is 0.343. The van der Waals surface area contributed by atoms with Crippen LogP contribution in [0.1, 0.15) is 11.1 Å². The van der Waals surface area contributed by atoms with E-state index >= 15 is 0 Å². The monoisotopic (exact) mass is 381 g/mol. The van der Waals surface area contributed by atoms with E-state index in [0.717, 1.165) is 22.2 Å². The van der Waals surface area contributed by atoms with Gasteiger partial charge in [0.2, 0.25) is 0 Å². The molecule has 122 valence electrons. The first-order valence-electron chi connectivity index (χ1n) is 6.89. The highest BCUT2D eigenvalue weighted by Gasteiger charge is 2.35. The van der Waals surface area contributed by atoms with Gasteiger partial charge in [0.1, 0.15) is 5.82 Å². The smallest absolute Gasteiger partial charge is 0.268 e. The zero-order valence-corrected chi connectivity index (χ0v) is 14.5. The van der Waals surface area contributed by atoms with Crippen molar-refractivity contribution in [1.82, 2.24) is 4.90 Å². The SMILES string of the molecule is O=C1S/C(=C\c2c(F)cccc2Cl)C(=O)N1Cc1ccc(Cl)cc1. The Labute approximate surface area is 152 Å². The van der Waals surface area contributed by atoms with Crippen molar-refractivity contribution in [3.8, 4) is 0 Å². The molecule has 0 saturated carbocycles. The van der Waals surface area contributed by atoms with E-state index in [9.17, 15) is 14.0 Å². The summed E-state index contributed by atoms with van der Waals surface area (Å²) < 4.78 is 13.8. The molecule has 0 aliphatic carbocycles. The number of halogens is 3. The Morgan fingerprint density at radius 3 is 2.46 bits per heavy atom. The summed E-state index contributed by atoms with van der Waals surface area (Å²) in [4.78, 5) is 25.8. The topological polar surface area (TPSA) is 37.4 Å². The van der Waals surface area contributed by atoms with Crippen molar-refractivity contribution in [2.75, 3.05) is 0 Å². The highest BCUT2D eigenvalue weighted by molar-refractivity contribution is 8.18. The Balaban J connectivity index is 1.86. The van der Waals surface area contributed by atoms with E-state index in [4.69, 9.17) is 23.2 Å². The van der Waals surface area contributed by atoms with Gasteiger partial charge in [-0.15, -0.1) is 0 Å². The summed E-state index contributed by atoms with van der Waals surface area (Å²) >= 11 is 12.5. The average molecular weight is 382 g/mol. The molecule has 0 N–H and O–H groups in total. The number of carbonyl (C=O) groups is 2. The standard InChI is InChI=1S/C17H10Cl2FNO2S/c18-11-6-4-10(5-7-11)9-21-16(22)15(24-17(21)23)8-12-13(19)2-1-3-14(12)20/h1-8H,9H2/b15-8-. The molecule has 7 heteroatoms. The Morgan fingerprint density at radius 2 is 1.79 bits per heavy atom. The number of carbonyl (C=O) groups excluding carboxylic acids is 2. The summed E-state index contributed by atoms with van der Waals surface area (Å²) in [5.74, 6) is -1.02. The summed E-state index contributed by atoms with van der Waals surface area (Å²) in [7, 11) is 0. The molecule has 0 unspecified atom stereocenters. The second kappa shape index (κ2) is 6.97. The zero-order chi connectivity index (χ0) is 17.3. The van der Waals surface area contributed by atoms with E-state index in [1.165, 1.54) is 24.3 Å². The van der Waals surface area contributed by atoms with Gasteiger partial charge in [-0.1, -0.05) is 41.4 Å². The summed E-state index contributed by atoms with van der Waals surface area (Å²) in [6, 6.07) is 11.1. The van der Waals surface area contributed by atoms with Gasteiger partial charge in [-0.2, -0.15) is 0 Å². The van der Waals surface area contributed by atoms with Crippen molar-refractivity contribution >= 4 is 52.2 Å². The molecule has 2 amide bonds. The van der Waals surface area contributed by atoms with Gasteiger partial charge in [-0.3, -0.25) is 14.5 Å². The van der Waals surface area contributed by atoms with Gasteiger partial charge in [-0.25, -0.2) is 4.39 Å². The van der Waals surface area contributed by atoms with Crippen molar-refractivity contribution in [3.63, 3.8) is 0 Å². The van der Waals surface area contributed by atoms with Gasteiger partial charge < -0.3 is 0 Å². The lowest BCUT2D eigenvalue weighted by Gasteiger charge is -2.12. The quantitative estimate of drug-likeness (QED) is 0.670. The fourth-order valence-corrected chi connectivity index (χ4v) is 3.35. The number of hydrogen-bond acceptors (Lipinski definition) is 3. The Bertz CT molecular complexity index is 832. The van der Waals surface area contributed by atoms with Crippen LogP contribution in [0.2, 0.25) is 10.0 Å². The second-order valence-electron chi connectivity index (χ2n) is 5.03. The fourth-order valence-electron chi connectivity index (χ4n) is 2.19. The second-order valence-corrected chi connectivity index (χ2v) is 6.87. The molecule has 1 saturated heterocycles. The molecule has 0 radical (unpaired) electrons. The number of amides is 2. The molecule has 0 spiro atoms. The summed E-state index contributed by atoms with van der Waals surface area (Å²) in [6.07, 6.45) is 1.31. The third-order valence-corrected chi connectivity index (χ3v) is 4.89. The molecular weight excluding hydrogens is 372 g/mol. The number of benzene rings is 2. The lowest BCUT2D eigenvalue weighted by Crippen LogP contribution is -2.27. The number of rotatable bonds is 3. The maximum Gasteiger partial charge on any atom is 0.293 e. The van der Waals surface area contributed by atoms with Crippen LogP contribution in [0, 0.1) is 5.82 Å². The van der Waals surface area contributed by atoms with Crippen molar-refractivity contribution in [2.24, 2.45) is 0 Å². The van der Waals surface area contributed by atoms with E-state index in [1.807, 2.05) is 0 Å². The maximum absolute atomic E-state index is 13.8. The number of hydrogen-bond donors (Lipinski definition) is 0. The fraction of sp³-hybridized carbons (Fsp3) is 0.0588. The molecule has 1 heterocycles. The lowest BCUT2D eigenvalue weighted by atomic mass is 10.2. The van der Waals surface area contributed by atoms with Crippen LogP contribution in [-0.4, -0.2) is 16.0 Å². The minimum atomic E-state index is -0.549. The molecule has 1 aliphatic rings. The molecule has 0 bridgehead atoms. The normalized spacial score (nSPS) is 16.3. The molecule has 1 aliphatic heterocycles. The van der Waals surface area contributed by atoms with Crippen LogP contribution in [0.3, 0.4) is 0 Å². The Kier molecular flexibility index (Phi) is 4.94. The zero-order valence-electron chi connectivity index (χ0n) is 12.1. The van der Waals surface area contributed by atoms with Gasteiger partial charge in [0.15, 0.2) is 0 Å². The van der Waals surface area contributed by atoms with E-state index < -0.39 is 17.0 Å². The van der Waals surface area contributed by atoms with Gasteiger partial charge in [0.05, 0.1) is 16.5 Å². The average Bonchev–Trinajstić information content (AvgIpc) is 2.80. The summed E-state index contributed by atoms with van der Waals surface area (Å²) in [6.45, 7) is 0.129. The first kappa shape index (κ1) is 17.0. The third kappa shape index (κ3) is 3.48. The van der Waals surface area contributed by atoms with Crippen molar-refractivity contribution < 1.29 is 14.0 Å². The predicted octanol–water partition coefficient (Wildman–Crippen LogP) is 5.37. The number of thioether (sulfide) groups is 1. The van der Waals surface area contributed by atoms with Crippen LogP contribution in [0.5, 0.6) is 0 Å². The molecule has 3 rings (SSSR count). The Morgan fingerprint density at radius 1 is 1.08 bits per heavy atom. The van der Waals surface area contributed by atoms with E-state index in [-0.39, 0.29) is 22.0 Å². The molecule has 2 aromatic carbocycles. The maximum atomic E-state index is 13.8. The van der Waals surface area contributed by atoms with Crippen LogP contribution >= 0.6 is 35.0 Å². The van der Waals surface area contributed by atoms with Crippen molar-refractivity contribution in [3.05, 3.63) is 74.4 Å². The third-order valence-electron chi connectivity index (χ3n) is 3.40. The Hall–Kier alpha value is -1.82. The molecule has 3 nitrogen and oxygen atoms in total. The van der Waals surface area contributed by atoms with Crippen LogP contribution in [0.15, 0.2) is 47.4 Å².